The molecule has 1 aliphatic heterocycles. The molecule has 1 saturated heterocycles. The standard InChI is InChI=1S/C15H23FN2O/c1-10-7-15(18-5-6-19-9-11(18)2)13(8-14(10)16)12(3)17-4/h7-8,11-12,17H,5-6,9H2,1-4H3. The van der Waals surface area contributed by atoms with Gasteiger partial charge in [-0.2, -0.15) is 0 Å². The highest BCUT2D eigenvalue weighted by molar-refractivity contribution is 5.58. The maximum absolute atomic E-state index is 13.8. The second kappa shape index (κ2) is 5.88. The van der Waals surface area contributed by atoms with Crippen LogP contribution in [0, 0.1) is 12.7 Å². The molecule has 1 N–H and O–H groups in total. The summed E-state index contributed by atoms with van der Waals surface area (Å²) in [5, 5.41) is 3.20. The molecule has 0 aromatic heterocycles. The summed E-state index contributed by atoms with van der Waals surface area (Å²) in [5.74, 6) is -0.137. The molecule has 1 fully saturated rings. The van der Waals surface area contributed by atoms with Crippen molar-refractivity contribution in [1.29, 1.82) is 0 Å². The van der Waals surface area contributed by atoms with E-state index in [1.165, 1.54) is 0 Å². The molecule has 1 heterocycles. The molecule has 0 amide bonds. The molecule has 1 aliphatic rings. The Labute approximate surface area is 114 Å². The van der Waals surface area contributed by atoms with E-state index < -0.39 is 0 Å². The molecule has 0 aliphatic carbocycles. The van der Waals surface area contributed by atoms with E-state index in [4.69, 9.17) is 4.74 Å². The highest BCUT2D eigenvalue weighted by atomic mass is 19.1. The smallest absolute Gasteiger partial charge is 0.126 e. The van der Waals surface area contributed by atoms with E-state index in [2.05, 4.69) is 24.1 Å². The highest BCUT2D eigenvalue weighted by Crippen LogP contribution is 2.31. The number of nitrogens with one attached hydrogen (secondary N) is 1. The Hall–Kier alpha value is -1.13. The Balaban J connectivity index is 2.44. The average molecular weight is 266 g/mol. The molecule has 0 spiro atoms. The molecule has 19 heavy (non-hydrogen) atoms. The third-order valence-electron chi connectivity index (χ3n) is 3.88. The van der Waals surface area contributed by atoms with Crippen LogP contribution in [0.15, 0.2) is 12.1 Å². The van der Waals surface area contributed by atoms with Gasteiger partial charge in [-0.1, -0.05) is 0 Å². The average Bonchev–Trinajstić information content (AvgIpc) is 2.41. The van der Waals surface area contributed by atoms with Crippen LogP contribution in [0.2, 0.25) is 0 Å². The lowest BCUT2D eigenvalue weighted by Gasteiger charge is -2.37. The summed E-state index contributed by atoms with van der Waals surface area (Å²) >= 11 is 0. The van der Waals surface area contributed by atoms with E-state index >= 15 is 0 Å². The van der Waals surface area contributed by atoms with Crippen molar-refractivity contribution in [2.24, 2.45) is 0 Å². The maximum Gasteiger partial charge on any atom is 0.126 e. The van der Waals surface area contributed by atoms with Crippen LogP contribution in [0.4, 0.5) is 10.1 Å². The first kappa shape index (κ1) is 14.3. The van der Waals surface area contributed by atoms with Crippen molar-refractivity contribution in [2.45, 2.75) is 32.9 Å². The lowest BCUT2D eigenvalue weighted by Crippen LogP contribution is -2.44. The van der Waals surface area contributed by atoms with Crippen LogP contribution in [-0.4, -0.2) is 32.8 Å². The van der Waals surface area contributed by atoms with Gasteiger partial charge < -0.3 is 15.0 Å². The summed E-state index contributed by atoms with van der Waals surface area (Å²) in [7, 11) is 1.90. The molecule has 0 bridgehead atoms. The van der Waals surface area contributed by atoms with Gasteiger partial charge in [0.25, 0.3) is 0 Å². The lowest BCUT2D eigenvalue weighted by molar-refractivity contribution is 0.0988. The van der Waals surface area contributed by atoms with Crippen LogP contribution in [0.5, 0.6) is 0 Å². The summed E-state index contributed by atoms with van der Waals surface area (Å²) in [6, 6.07) is 4.07. The number of halogens is 1. The second-order valence-corrected chi connectivity index (χ2v) is 5.29. The maximum atomic E-state index is 13.8. The van der Waals surface area contributed by atoms with E-state index in [1.54, 1.807) is 6.07 Å². The van der Waals surface area contributed by atoms with Gasteiger partial charge in [-0.15, -0.1) is 0 Å². The Kier molecular flexibility index (Phi) is 4.42. The summed E-state index contributed by atoms with van der Waals surface area (Å²) < 4.78 is 19.3. The van der Waals surface area contributed by atoms with Gasteiger partial charge in [0.2, 0.25) is 0 Å². The summed E-state index contributed by atoms with van der Waals surface area (Å²) in [6.07, 6.45) is 0. The zero-order chi connectivity index (χ0) is 14.0. The van der Waals surface area contributed by atoms with Gasteiger partial charge in [0, 0.05) is 24.3 Å². The van der Waals surface area contributed by atoms with Gasteiger partial charge in [0.1, 0.15) is 5.82 Å². The quantitative estimate of drug-likeness (QED) is 0.910. The fraction of sp³-hybridized carbons (Fsp3) is 0.600. The molecular weight excluding hydrogens is 243 g/mol. The predicted octanol–water partition coefficient (Wildman–Crippen LogP) is 2.64. The van der Waals surface area contributed by atoms with Crippen LogP contribution in [-0.2, 0) is 4.74 Å². The third-order valence-corrected chi connectivity index (χ3v) is 3.88. The van der Waals surface area contributed by atoms with Crippen molar-refractivity contribution >= 4 is 5.69 Å². The SMILES string of the molecule is CNC(C)c1cc(F)c(C)cc1N1CCOCC1C. The molecule has 1 aromatic carbocycles. The number of benzene rings is 1. The molecule has 0 saturated carbocycles. The van der Waals surface area contributed by atoms with Gasteiger partial charge >= 0.3 is 0 Å². The van der Waals surface area contributed by atoms with Crippen molar-refractivity contribution in [1.82, 2.24) is 5.32 Å². The van der Waals surface area contributed by atoms with Gasteiger partial charge in [0.05, 0.1) is 13.2 Å². The normalized spacial score (nSPS) is 21.5. The van der Waals surface area contributed by atoms with Gasteiger partial charge in [-0.05, 0) is 51.1 Å². The van der Waals surface area contributed by atoms with Gasteiger partial charge in [-0.25, -0.2) is 4.39 Å². The third kappa shape index (κ3) is 2.90. The first-order valence-electron chi connectivity index (χ1n) is 6.86. The fourth-order valence-electron chi connectivity index (χ4n) is 2.52. The predicted molar refractivity (Wildman–Crippen MR) is 76.2 cm³/mol. The zero-order valence-electron chi connectivity index (χ0n) is 12.2. The van der Waals surface area contributed by atoms with Crippen molar-refractivity contribution < 1.29 is 9.13 Å². The summed E-state index contributed by atoms with van der Waals surface area (Å²) in [6.45, 7) is 8.33. The molecule has 2 unspecified atom stereocenters. The summed E-state index contributed by atoms with van der Waals surface area (Å²) in [5.41, 5.74) is 2.83. The number of nitrogens with zero attached hydrogens (tertiary/aromatic N) is 1. The minimum absolute atomic E-state index is 0.125. The Morgan fingerprint density at radius 2 is 2.21 bits per heavy atom. The number of rotatable bonds is 3. The number of anilines is 1. The van der Waals surface area contributed by atoms with E-state index in [1.807, 2.05) is 20.0 Å². The van der Waals surface area contributed by atoms with Crippen LogP contribution >= 0.6 is 0 Å². The van der Waals surface area contributed by atoms with E-state index in [0.717, 1.165) is 31.0 Å². The molecule has 3 nitrogen and oxygen atoms in total. The van der Waals surface area contributed by atoms with Crippen LogP contribution in [0.25, 0.3) is 0 Å². The second-order valence-electron chi connectivity index (χ2n) is 5.29. The van der Waals surface area contributed by atoms with E-state index in [9.17, 15) is 4.39 Å². The van der Waals surface area contributed by atoms with Crippen LogP contribution in [0.1, 0.15) is 31.0 Å². The van der Waals surface area contributed by atoms with Gasteiger partial charge in [-0.3, -0.25) is 0 Å². The minimum Gasteiger partial charge on any atom is -0.377 e. The van der Waals surface area contributed by atoms with E-state index in [-0.39, 0.29) is 11.9 Å². The minimum atomic E-state index is -0.137. The Morgan fingerprint density at radius 1 is 1.47 bits per heavy atom. The summed E-state index contributed by atoms with van der Waals surface area (Å²) in [4.78, 5) is 2.32. The van der Waals surface area contributed by atoms with Crippen molar-refractivity contribution in [3.63, 3.8) is 0 Å². The van der Waals surface area contributed by atoms with E-state index in [0.29, 0.717) is 11.6 Å². The number of morpholine rings is 1. The largest absolute Gasteiger partial charge is 0.377 e. The van der Waals surface area contributed by atoms with Crippen LogP contribution < -0.4 is 10.2 Å². The monoisotopic (exact) mass is 266 g/mol. The molecule has 2 atom stereocenters. The number of ether oxygens (including phenoxy) is 1. The van der Waals surface area contributed by atoms with Crippen molar-refractivity contribution in [2.75, 3.05) is 31.7 Å². The molecule has 106 valence electrons. The fourth-order valence-corrected chi connectivity index (χ4v) is 2.52. The Bertz CT molecular complexity index is 450. The molecule has 1 aromatic rings. The lowest BCUT2D eigenvalue weighted by atomic mass is 10.0. The molecular formula is C15H23FN2O. The number of aryl methyl sites for hydroxylation is 1. The number of hydrogen-bond acceptors (Lipinski definition) is 3. The van der Waals surface area contributed by atoms with Crippen LogP contribution in [0.3, 0.4) is 0 Å². The van der Waals surface area contributed by atoms with Crippen molar-refractivity contribution in [3.05, 3.63) is 29.1 Å². The van der Waals surface area contributed by atoms with Gasteiger partial charge in [0.15, 0.2) is 0 Å². The highest BCUT2D eigenvalue weighted by Gasteiger charge is 2.23. The van der Waals surface area contributed by atoms with Crippen molar-refractivity contribution in [3.8, 4) is 0 Å². The molecule has 0 radical (unpaired) electrons. The first-order valence-corrected chi connectivity index (χ1v) is 6.86. The number of hydrogen-bond donors (Lipinski definition) is 1. The first-order chi connectivity index (χ1) is 9.04. The topological polar surface area (TPSA) is 24.5 Å². The molecule has 4 heteroatoms. The zero-order valence-corrected chi connectivity index (χ0v) is 12.2. The Morgan fingerprint density at radius 3 is 2.84 bits per heavy atom. The molecule has 2 rings (SSSR count).